The number of nitrogens with zero attached hydrogens (tertiary/aromatic N) is 4. The van der Waals surface area contributed by atoms with Crippen molar-refractivity contribution < 1.29 is 8.76 Å². The first-order valence-electron chi connectivity index (χ1n) is 9.28. The molecule has 1 heterocycles. The summed E-state index contributed by atoms with van der Waals surface area (Å²) in [6, 6.07) is 7.01. The van der Waals surface area contributed by atoms with E-state index >= 15 is 0 Å². The molecule has 0 aliphatic rings. The summed E-state index contributed by atoms with van der Waals surface area (Å²) in [5.74, 6) is 0.816. The second-order valence-corrected chi connectivity index (χ2v) is 7.27. The van der Waals surface area contributed by atoms with Crippen molar-refractivity contribution in [2.24, 2.45) is 0 Å². The lowest BCUT2D eigenvalue weighted by Gasteiger charge is -2.21. The van der Waals surface area contributed by atoms with Crippen LogP contribution in [0.15, 0.2) is 29.1 Å². The van der Waals surface area contributed by atoms with Gasteiger partial charge in [-0.3, -0.25) is 9.19 Å². The largest absolute Gasteiger partial charge is 0.755 e. The zero-order valence-corrected chi connectivity index (χ0v) is 17.3. The third kappa shape index (κ3) is 6.70. The molecular weight excluding hydrogens is 380 g/mol. The molecule has 0 saturated carbocycles. The van der Waals surface area contributed by atoms with Gasteiger partial charge in [0.25, 0.3) is 0 Å². The van der Waals surface area contributed by atoms with Crippen LogP contribution in [0.25, 0.3) is 0 Å². The van der Waals surface area contributed by atoms with Crippen molar-refractivity contribution in [3.8, 4) is 0 Å². The van der Waals surface area contributed by atoms with Crippen LogP contribution in [0.3, 0.4) is 0 Å². The SMILES string of the molecule is CCN(CC)CCCNc1nc(Cc2ccc(N(C)S(=O)[O-])cc2)[nH]c(=O)n1. The Bertz CT molecular complexity index is 823. The summed E-state index contributed by atoms with van der Waals surface area (Å²) in [6.45, 7) is 7.96. The summed E-state index contributed by atoms with van der Waals surface area (Å²) >= 11 is -2.32. The lowest BCUT2D eigenvalue weighted by atomic mass is 10.1. The van der Waals surface area contributed by atoms with Crippen molar-refractivity contribution in [1.29, 1.82) is 0 Å². The first-order valence-corrected chi connectivity index (χ1v) is 10.3. The van der Waals surface area contributed by atoms with Crippen molar-refractivity contribution in [2.45, 2.75) is 26.7 Å². The molecule has 1 unspecified atom stereocenters. The molecule has 2 N–H and O–H groups in total. The first kappa shape index (κ1) is 22.0. The van der Waals surface area contributed by atoms with Gasteiger partial charge in [0.2, 0.25) is 5.95 Å². The predicted octanol–water partition coefficient (Wildman–Crippen LogP) is 1.13. The highest BCUT2D eigenvalue weighted by atomic mass is 32.2. The van der Waals surface area contributed by atoms with Crippen LogP contribution < -0.4 is 15.3 Å². The van der Waals surface area contributed by atoms with Gasteiger partial charge in [-0.05, 0) is 43.8 Å². The molecule has 1 aromatic heterocycles. The number of rotatable bonds is 11. The molecule has 2 aromatic rings. The van der Waals surface area contributed by atoms with E-state index in [9.17, 15) is 13.6 Å². The number of benzene rings is 1. The minimum atomic E-state index is -2.32. The van der Waals surface area contributed by atoms with E-state index in [0.29, 0.717) is 30.4 Å². The average Bonchev–Trinajstić information content (AvgIpc) is 2.67. The number of hydrogen-bond acceptors (Lipinski definition) is 7. The zero-order chi connectivity index (χ0) is 20.5. The second-order valence-electron chi connectivity index (χ2n) is 6.29. The summed E-state index contributed by atoms with van der Waals surface area (Å²) in [4.78, 5) is 25.0. The Kier molecular flexibility index (Phi) is 8.55. The van der Waals surface area contributed by atoms with Crippen molar-refractivity contribution in [3.05, 3.63) is 46.1 Å². The number of aromatic amines is 1. The number of anilines is 2. The van der Waals surface area contributed by atoms with Gasteiger partial charge in [0.1, 0.15) is 5.82 Å². The third-order valence-corrected chi connectivity index (χ3v) is 5.08. The van der Waals surface area contributed by atoms with Crippen molar-refractivity contribution >= 4 is 22.9 Å². The van der Waals surface area contributed by atoms with E-state index in [4.69, 9.17) is 0 Å². The average molecular weight is 408 g/mol. The predicted molar refractivity (Wildman–Crippen MR) is 110 cm³/mol. The van der Waals surface area contributed by atoms with E-state index in [0.717, 1.165) is 35.9 Å². The monoisotopic (exact) mass is 407 g/mol. The highest BCUT2D eigenvalue weighted by Crippen LogP contribution is 2.16. The van der Waals surface area contributed by atoms with Crippen molar-refractivity contribution in [3.63, 3.8) is 0 Å². The van der Waals surface area contributed by atoms with Crippen LogP contribution in [-0.4, -0.2) is 61.8 Å². The molecule has 2 rings (SSSR count). The number of nitrogens with one attached hydrogen (secondary N) is 2. The fourth-order valence-corrected chi connectivity index (χ4v) is 3.03. The first-order chi connectivity index (χ1) is 13.4. The topological polar surface area (TPSA) is 117 Å². The standard InChI is InChI=1S/C18H28N6O3S/c1-4-24(5-2)12-6-11-19-17-20-16(21-18(25)22-17)13-14-7-9-15(10-8-14)23(3)28(26)27/h7-10H,4-6,11-13H2,1-3H3,(H,26,27)(H2,19,20,21,22,25)/p-1. The van der Waals surface area contributed by atoms with Gasteiger partial charge in [-0.1, -0.05) is 26.0 Å². The van der Waals surface area contributed by atoms with Crippen LogP contribution in [0.5, 0.6) is 0 Å². The van der Waals surface area contributed by atoms with Gasteiger partial charge in [0.05, 0.1) is 0 Å². The molecule has 0 bridgehead atoms. The Labute approximate surface area is 167 Å². The molecule has 0 saturated heterocycles. The molecule has 1 aromatic carbocycles. The quantitative estimate of drug-likeness (QED) is 0.423. The molecule has 28 heavy (non-hydrogen) atoms. The number of H-pyrrole nitrogens is 1. The maximum atomic E-state index is 11.8. The van der Waals surface area contributed by atoms with E-state index < -0.39 is 17.0 Å². The zero-order valence-electron chi connectivity index (χ0n) is 16.5. The van der Waals surface area contributed by atoms with Gasteiger partial charge >= 0.3 is 5.69 Å². The molecular formula is C18H27N6O3S-. The fraction of sp³-hybridized carbons (Fsp3) is 0.500. The molecule has 0 spiro atoms. The maximum Gasteiger partial charge on any atom is 0.349 e. The Hall–Kier alpha value is -2.30. The van der Waals surface area contributed by atoms with E-state index in [-0.39, 0.29) is 0 Å². The summed E-state index contributed by atoms with van der Waals surface area (Å²) < 4.78 is 23.1. The van der Waals surface area contributed by atoms with E-state index in [2.05, 4.69) is 39.0 Å². The molecule has 10 heteroatoms. The maximum absolute atomic E-state index is 11.8. The number of aromatic nitrogens is 3. The smallest absolute Gasteiger partial charge is 0.349 e. The highest BCUT2D eigenvalue weighted by Gasteiger charge is 2.06. The summed E-state index contributed by atoms with van der Waals surface area (Å²) in [5.41, 5.74) is 1.01. The lowest BCUT2D eigenvalue weighted by molar-refractivity contribution is 0.303. The van der Waals surface area contributed by atoms with Crippen molar-refractivity contribution in [1.82, 2.24) is 19.9 Å². The molecule has 0 aliphatic heterocycles. The fourth-order valence-electron chi connectivity index (χ4n) is 2.74. The van der Waals surface area contributed by atoms with Gasteiger partial charge in [-0.25, -0.2) is 4.79 Å². The molecule has 0 amide bonds. The Morgan fingerprint density at radius 1 is 1.18 bits per heavy atom. The van der Waals surface area contributed by atoms with E-state index in [1.807, 2.05) is 0 Å². The van der Waals surface area contributed by atoms with E-state index in [1.165, 1.54) is 7.05 Å². The van der Waals surface area contributed by atoms with E-state index in [1.54, 1.807) is 24.3 Å². The minimum absolute atomic E-state index is 0.316. The summed E-state index contributed by atoms with van der Waals surface area (Å²) in [7, 11) is 1.47. The van der Waals surface area contributed by atoms with Gasteiger partial charge < -0.3 is 19.1 Å². The molecule has 1 atom stereocenters. The molecule has 0 fully saturated rings. The lowest BCUT2D eigenvalue weighted by Crippen LogP contribution is -2.26. The molecule has 154 valence electrons. The molecule has 9 nitrogen and oxygen atoms in total. The molecule has 0 aliphatic carbocycles. The van der Waals surface area contributed by atoms with Gasteiger partial charge in [-0.15, -0.1) is 0 Å². The van der Waals surface area contributed by atoms with Gasteiger partial charge in [-0.2, -0.15) is 9.97 Å². The summed E-state index contributed by atoms with van der Waals surface area (Å²) in [5, 5.41) is 3.11. The van der Waals surface area contributed by atoms with Crippen LogP contribution in [0.1, 0.15) is 31.7 Å². The molecule has 0 radical (unpaired) electrons. The highest BCUT2D eigenvalue weighted by molar-refractivity contribution is 7.80. The van der Waals surface area contributed by atoms with Gasteiger partial charge in [0, 0.05) is 37.0 Å². The number of hydrogen-bond donors (Lipinski definition) is 2. The Morgan fingerprint density at radius 2 is 1.86 bits per heavy atom. The second kappa shape index (κ2) is 10.9. The van der Waals surface area contributed by atoms with Crippen LogP contribution in [0.2, 0.25) is 0 Å². The third-order valence-electron chi connectivity index (χ3n) is 4.42. The summed E-state index contributed by atoms with van der Waals surface area (Å²) in [6.07, 6.45) is 1.35. The Morgan fingerprint density at radius 3 is 2.46 bits per heavy atom. The minimum Gasteiger partial charge on any atom is -0.755 e. The van der Waals surface area contributed by atoms with Crippen molar-refractivity contribution in [2.75, 3.05) is 42.8 Å². The van der Waals surface area contributed by atoms with Crippen LogP contribution in [0, 0.1) is 0 Å². The van der Waals surface area contributed by atoms with Crippen LogP contribution in [0.4, 0.5) is 11.6 Å². The van der Waals surface area contributed by atoms with Crippen LogP contribution in [-0.2, 0) is 17.7 Å². The van der Waals surface area contributed by atoms with Crippen LogP contribution >= 0.6 is 0 Å². The van der Waals surface area contributed by atoms with Gasteiger partial charge in [0.15, 0.2) is 0 Å². The Balaban J connectivity index is 1.97. The normalized spacial score (nSPS) is 12.2.